The standard InChI is InChI=1S/C18H19N3O2S2/c1-12-4-5-13(2)16(10-12)19-18-20-17(11-24-18)14-6-8-15(9-7-14)21-25(3,22)23/h4-11,21H,1-3H3,(H,19,20). The predicted molar refractivity (Wildman–Crippen MR) is 105 cm³/mol. The highest BCUT2D eigenvalue weighted by atomic mass is 32.2. The highest BCUT2D eigenvalue weighted by Gasteiger charge is 2.07. The lowest BCUT2D eigenvalue weighted by atomic mass is 10.1. The number of nitrogens with one attached hydrogen (secondary N) is 2. The maximum atomic E-state index is 11.3. The van der Waals surface area contributed by atoms with Crippen LogP contribution in [-0.4, -0.2) is 19.7 Å². The molecule has 0 fully saturated rings. The van der Waals surface area contributed by atoms with Crippen LogP contribution < -0.4 is 10.0 Å². The average Bonchev–Trinajstić information content (AvgIpc) is 2.99. The van der Waals surface area contributed by atoms with Gasteiger partial charge in [-0.3, -0.25) is 4.72 Å². The molecule has 0 saturated carbocycles. The topological polar surface area (TPSA) is 71.1 Å². The molecule has 0 atom stereocenters. The molecule has 0 amide bonds. The second-order valence-corrected chi connectivity index (χ2v) is 8.54. The Bertz CT molecular complexity index is 993. The maximum Gasteiger partial charge on any atom is 0.229 e. The molecule has 3 rings (SSSR count). The third-order valence-corrected chi connectivity index (χ3v) is 4.99. The molecular formula is C18H19N3O2S2. The molecule has 0 bridgehead atoms. The second-order valence-electron chi connectivity index (χ2n) is 5.93. The Morgan fingerprint density at radius 3 is 2.44 bits per heavy atom. The molecule has 0 unspecified atom stereocenters. The quantitative estimate of drug-likeness (QED) is 0.689. The van der Waals surface area contributed by atoms with Gasteiger partial charge >= 0.3 is 0 Å². The Kier molecular flexibility index (Phi) is 4.78. The molecule has 0 aliphatic carbocycles. The maximum absolute atomic E-state index is 11.3. The van der Waals surface area contributed by atoms with Crippen LogP contribution >= 0.6 is 11.3 Å². The van der Waals surface area contributed by atoms with Gasteiger partial charge in [-0.1, -0.05) is 24.3 Å². The monoisotopic (exact) mass is 373 g/mol. The van der Waals surface area contributed by atoms with Crippen molar-refractivity contribution in [3.8, 4) is 11.3 Å². The third kappa shape index (κ3) is 4.58. The van der Waals surface area contributed by atoms with Crippen molar-refractivity contribution in [3.63, 3.8) is 0 Å². The molecule has 130 valence electrons. The van der Waals surface area contributed by atoms with Crippen LogP contribution in [0.5, 0.6) is 0 Å². The van der Waals surface area contributed by atoms with E-state index in [-0.39, 0.29) is 0 Å². The normalized spacial score (nSPS) is 11.3. The van der Waals surface area contributed by atoms with Gasteiger partial charge in [-0.2, -0.15) is 0 Å². The number of benzene rings is 2. The molecule has 0 radical (unpaired) electrons. The van der Waals surface area contributed by atoms with Crippen LogP contribution in [-0.2, 0) is 10.0 Å². The second kappa shape index (κ2) is 6.85. The fraction of sp³-hybridized carbons (Fsp3) is 0.167. The largest absolute Gasteiger partial charge is 0.331 e. The van der Waals surface area contributed by atoms with Crippen LogP contribution in [0.25, 0.3) is 11.3 Å². The highest BCUT2D eigenvalue weighted by molar-refractivity contribution is 7.92. The van der Waals surface area contributed by atoms with Crippen molar-refractivity contribution in [1.82, 2.24) is 4.98 Å². The van der Waals surface area contributed by atoms with Gasteiger partial charge in [-0.15, -0.1) is 11.3 Å². The first-order chi connectivity index (χ1) is 11.8. The number of nitrogens with zero attached hydrogens (tertiary/aromatic N) is 1. The van der Waals surface area contributed by atoms with E-state index in [1.54, 1.807) is 12.1 Å². The molecule has 0 saturated heterocycles. The fourth-order valence-corrected chi connectivity index (χ4v) is 3.67. The van der Waals surface area contributed by atoms with Crippen LogP contribution in [0.4, 0.5) is 16.5 Å². The van der Waals surface area contributed by atoms with E-state index in [1.165, 1.54) is 22.5 Å². The Labute approximate surface area is 151 Å². The first kappa shape index (κ1) is 17.4. The number of anilines is 3. The minimum Gasteiger partial charge on any atom is -0.331 e. The zero-order valence-corrected chi connectivity index (χ0v) is 15.8. The number of hydrogen-bond acceptors (Lipinski definition) is 5. The van der Waals surface area contributed by atoms with Gasteiger partial charge in [0.1, 0.15) is 0 Å². The number of hydrogen-bond donors (Lipinski definition) is 2. The van der Waals surface area contributed by atoms with E-state index in [0.29, 0.717) is 5.69 Å². The van der Waals surface area contributed by atoms with E-state index in [9.17, 15) is 8.42 Å². The fourth-order valence-electron chi connectivity index (χ4n) is 2.37. The zero-order valence-electron chi connectivity index (χ0n) is 14.2. The summed E-state index contributed by atoms with van der Waals surface area (Å²) in [5.41, 5.74) is 5.73. The van der Waals surface area contributed by atoms with Crippen LogP contribution in [0, 0.1) is 13.8 Å². The van der Waals surface area contributed by atoms with E-state index in [2.05, 4.69) is 47.1 Å². The van der Waals surface area contributed by atoms with Crippen molar-refractivity contribution >= 4 is 37.9 Å². The van der Waals surface area contributed by atoms with E-state index in [0.717, 1.165) is 28.3 Å². The molecule has 2 N–H and O–H groups in total. The zero-order chi connectivity index (χ0) is 18.0. The molecule has 0 aliphatic rings. The molecule has 5 nitrogen and oxygen atoms in total. The van der Waals surface area contributed by atoms with Gasteiger partial charge in [0.2, 0.25) is 10.0 Å². The summed E-state index contributed by atoms with van der Waals surface area (Å²) < 4.78 is 25.0. The van der Waals surface area contributed by atoms with E-state index in [1.807, 2.05) is 17.5 Å². The van der Waals surface area contributed by atoms with Gasteiger partial charge in [0.15, 0.2) is 5.13 Å². The summed E-state index contributed by atoms with van der Waals surface area (Å²) in [5, 5.41) is 6.16. The molecule has 0 spiro atoms. The highest BCUT2D eigenvalue weighted by Crippen LogP contribution is 2.29. The van der Waals surface area contributed by atoms with Crippen molar-refractivity contribution in [3.05, 3.63) is 59.0 Å². The number of aryl methyl sites for hydroxylation is 2. The van der Waals surface area contributed by atoms with Gasteiger partial charge in [-0.25, -0.2) is 13.4 Å². The summed E-state index contributed by atoms with van der Waals surface area (Å²) in [5.74, 6) is 0. The van der Waals surface area contributed by atoms with Gasteiger partial charge in [0, 0.05) is 22.3 Å². The predicted octanol–water partition coefficient (Wildman–Crippen LogP) is 4.54. The number of sulfonamides is 1. The van der Waals surface area contributed by atoms with Crippen molar-refractivity contribution in [1.29, 1.82) is 0 Å². The van der Waals surface area contributed by atoms with E-state index in [4.69, 9.17) is 0 Å². The van der Waals surface area contributed by atoms with Crippen LogP contribution in [0.1, 0.15) is 11.1 Å². The Morgan fingerprint density at radius 2 is 1.76 bits per heavy atom. The Morgan fingerprint density at radius 1 is 1.04 bits per heavy atom. The van der Waals surface area contributed by atoms with Crippen LogP contribution in [0.3, 0.4) is 0 Å². The van der Waals surface area contributed by atoms with Crippen molar-refractivity contribution in [2.75, 3.05) is 16.3 Å². The summed E-state index contributed by atoms with van der Waals surface area (Å²) in [6.45, 7) is 4.12. The smallest absolute Gasteiger partial charge is 0.229 e. The summed E-state index contributed by atoms with van der Waals surface area (Å²) in [7, 11) is -3.27. The summed E-state index contributed by atoms with van der Waals surface area (Å²) >= 11 is 1.53. The Balaban J connectivity index is 1.78. The number of rotatable bonds is 5. The van der Waals surface area contributed by atoms with E-state index < -0.39 is 10.0 Å². The average molecular weight is 374 g/mol. The van der Waals surface area contributed by atoms with Crippen molar-refractivity contribution < 1.29 is 8.42 Å². The van der Waals surface area contributed by atoms with Gasteiger partial charge in [0.05, 0.1) is 11.9 Å². The molecule has 1 aromatic heterocycles. The van der Waals surface area contributed by atoms with Crippen molar-refractivity contribution in [2.24, 2.45) is 0 Å². The first-order valence-corrected chi connectivity index (χ1v) is 10.5. The molecule has 7 heteroatoms. The van der Waals surface area contributed by atoms with Gasteiger partial charge in [-0.05, 0) is 43.2 Å². The Hall–Kier alpha value is -2.38. The van der Waals surface area contributed by atoms with Crippen molar-refractivity contribution in [2.45, 2.75) is 13.8 Å². The van der Waals surface area contributed by atoms with Gasteiger partial charge in [0.25, 0.3) is 0 Å². The molecule has 3 aromatic rings. The minimum absolute atomic E-state index is 0.537. The molecular weight excluding hydrogens is 354 g/mol. The molecule has 0 aliphatic heterocycles. The number of aromatic nitrogens is 1. The summed E-state index contributed by atoms with van der Waals surface area (Å²) in [4.78, 5) is 4.62. The molecule has 2 aromatic carbocycles. The SMILES string of the molecule is Cc1ccc(C)c(Nc2nc(-c3ccc(NS(C)(=O)=O)cc3)cs2)c1. The van der Waals surface area contributed by atoms with Gasteiger partial charge < -0.3 is 5.32 Å². The first-order valence-electron chi connectivity index (χ1n) is 7.68. The number of thiazole rings is 1. The van der Waals surface area contributed by atoms with Crippen LogP contribution in [0.15, 0.2) is 47.8 Å². The lowest BCUT2D eigenvalue weighted by Gasteiger charge is -2.07. The third-order valence-electron chi connectivity index (χ3n) is 3.62. The molecule has 1 heterocycles. The van der Waals surface area contributed by atoms with Crippen LogP contribution in [0.2, 0.25) is 0 Å². The summed E-state index contributed by atoms with van der Waals surface area (Å²) in [6, 6.07) is 13.4. The minimum atomic E-state index is -3.27. The lowest BCUT2D eigenvalue weighted by molar-refractivity contribution is 0.607. The summed E-state index contributed by atoms with van der Waals surface area (Å²) in [6.07, 6.45) is 1.13. The van der Waals surface area contributed by atoms with E-state index >= 15 is 0 Å². The lowest BCUT2D eigenvalue weighted by Crippen LogP contribution is -2.09. The molecule has 25 heavy (non-hydrogen) atoms.